The zero-order valence-electron chi connectivity index (χ0n) is 11.6. The summed E-state index contributed by atoms with van der Waals surface area (Å²) >= 11 is 3.60. The molecule has 0 bridgehead atoms. The highest BCUT2D eigenvalue weighted by molar-refractivity contribution is 9.09. The number of anilines is 1. The van der Waals surface area contributed by atoms with E-state index in [0.29, 0.717) is 11.5 Å². The van der Waals surface area contributed by atoms with Gasteiger partial charge in [-0.1, -0.05) is 42.8 Å². The minimum atomic E-state index is 0.268. The third-order valence-corrected chi connectivity index (χ3v) is 4.10. The number of halogens is 1. The van der Waals surface area contributed by atoms with Crippen molar-refractivity contribution in [3.8, 4) is 6.07 Å². The van der Waals surface area contributed by atoms with Gasteiger partial charge in [0.05, 0.1) is 11.6 Å². The predicted octanol–water partition coefficient (Wildman–Crippen LogP) is 4.05. The smallest absolute Gasteiger partial charge is 0.0992 e. The molecule has 0 N–H and O–H groups in total. The van der Waals surface area contributed by atoms with Crippen LogP contribution in [0.4, 0.5) is 5.69 Å². The van der Waals surface area contributed by atoms with Crippen LogP contribution in [0.2, 0.25) is 0 Å². The van der Waals surface area contributed by atoms with E-state index in [1.54, 1.807) is 0 Å². The Morgan fingerprint density at radius 3 is 2.56 bits per heavy atom. The molecule has 0 aliphatic carbocycles. The number of alkyl halides is 1. The quantitative estimate of drug-likeness (QED) is 0.785. The van der Waals surface area contributed by atoms with Crippen molar-refractivity contribution in [1.29, 1.82) is 5.26 Å². The first-order chi connectivity index (χ1) is 8.38. The number of benzene rings is 1. The van der Waals surface area contributed by atoms with Gasteiger partial charge in [-0.05, 0) is 29.5 Å². The molecule has 0 aromatic heterocycles. The van der Waals surface area contributed by atoms with Crippen molar-refractivity contribution in [3.05, 3.63) is 29.8 Å². The zero-order chi connectivity index (χ0) is 13.8. The van der Waals surface area contributed by atoms with Gasteiger partial charge in [-0.25, -0.2) is 0 Å². The van der Waals surface area contributed by atoms with Gasteiger partial charge in [0.1, 0.15) is 0 Å². The van der Waals surface area contributed by atoms with Gasteiger partial charge in [-0.15, -0.1) is 0 Å². The fourth-order valence-corrected chi connectivity index (χ4v) is 2.98. The summed E-state index contributed by atoms with van der Waals surface area (Å²) in [5.74, 6) is 0.563. The normalized spacial score (nSPS) is 12.9. The zero-order valence-corrected chi connectivity index (χ0v) is 13.2. The largest absolute Gasteiger partial charge is 0.374 e. The fourth-order valence-electron chi connectivity index (χ4n) is 1.80. The maximum absolute atomic E-state index is 8.93. The second-order valence-electron chi connectivity index (χ2n) is 5.76. The van der Waals surface area contributed by atoms with Crippen LogP contribution in [0.5, 0.6) is 0 Å². The molecule has 0 spiro atoms. The first-order valence-electron chi connectivity index (χ1n) is 6.15. The molecule has 0 radical (unpaired) electrons. The van der Waals surface area contributed by atoms with Crippen LogP contribution in [0, 0.1) is 22.7 Å². The number of rotatable bonds is 4. The topological polar surface area (TPSA) is 27.0 Å². The summed E-state index contributed by atoms with van der Waals surface area (Å²) in [5, 5.41) is 9.91. The average Bonchev–Trinajstić information content (AvgIpc) is 2.34. The van der Waals surface area contributed by atoms with Crippen LogP contribution in [-0.4, -0.2) is 18.9 Å². The molecule has 0 aliphatic rings. The Hall–Kier alpha value is -1.01. The van der Waals surface area contributed by atoms with E-state index in [0.717, 1.165) is 17.6 Å². The first-order valence-corrected chi connectivity index (χ1v) is 7.28. The van der Waals surface area contributed by atoms with Crippen molar-refractivity contribution >= 4 is 21.6 Å². The number of hydrogen-bond acceptors (Lipinski definition) is 2. The van der Waals surface area contributed by atoms with Gasteiger partial charge in [0.15, 0.2) is 0 Å². The molecule has 1 aromatic rings. The van der Waals surface area contributed by atoms with E-state index in [-0.39, 0.29) is 5.41 Å². The summed E-state index contributed by atoms with van der Waals surface area (Å²) < 4.78 is 0. The summed E-state index contributed by atoms with van der Waals surface area (Å²) in [5.41, 5.74) is 2.08. The van der Waals surface area contributed by atoms with Gasteiger partial charge in [0, 0.05) is 24.6 Å². The van der Waals surface area contributed by atoms with Crippen LogP contribution in [0.3, 0.4) is 0 Å². The highest BCUT2D eigenvalue weighted by Crippen LogP contribution is 2.29. The number of nitrogens with zero attached hydrogens (tertiary/aromatic N) is 2. The molecule has 1 aromatic carbocycles. The molecule has 18 heavy (non-hydrogen) atoms. The Morgan fingerprint density at radius 1 is 1.39 bits per heavy atom. The Morgan fingerprint density at radius 2 is 2.06 bits per heavy atom. The number of hydrogen-bond donors (Lipinski definition) is 0. The predicted molar refractivity (Wildman–Crippen MR) is 81.2 cm³/mol. The van der Waals surface area contributed by atoms with Gasteiger partial charge in [0.2, 0.25) is 0 Å². The Kier molecular flexibility index (Phi) is 5.22. The molecule has 1 rings (SSSR count). The molecule has 3 heteroatoms. The lowest BCUT2D eigenvalue weighted by molar-refractivity contribution is 0.273. The van der Waals surface area contributed by atoms with Crippen LogP contribution in [0.15, 0.2) is 24.3 Å². The third kappa shape index (κ3) is 4.03. The van der Waals surface area contributed by atoms with E-state index >= 15 is 0 Å². The fraction of sp³-hybridized carbons (Fsp3) is 0.533. The van der Waals surface area contributed by atoms with E-state index in [4.69, 9.17) is 5.26 Å². The van der Waals surface area contributed by atoms with Crippen LogP contribution < -0.4 is 4.90 Å². The van der Waals surface area contributed by atoms with Crippen molar-refractivity contribution in [2.45, 2.75) is 20.8 Å². The van der Waals surface area contributed by atoms with Crippen LogP contribution in [0.25, 0.3) is 0 Å². The molecular weight excluding hydrogens is 288 g/mol. The molecule has 0 saturated carbocycles. The molecule has 0 saturated heterocycles. The molecule has 98 valence electrons. The van der Waals surface area contributed by atoms with Crippen molar-refractivity contribution in [2.24, 2.45) is 11.3 Å². The average molecular weight is 309 g/mol. The Balaban J connectivity index is 2.81. The second-order valence-corrected chi connectivity index (χ2v) is 6.41. The second kappa shape index (κ2) is 6.24. The molecule has 0 heterocycles. The van der Waals surface area contributed by atoms with Crippen molar-refractivity contribution in [1.82, 2.24) is 0 Å². The lowest BCUT2D eigenvalue weighted by Gasteiger charge is -2.33. The van der Waals surface area contributed by atoms with Crippen LogP contribution in [-0.2, 0) is 0 Å². The summed E-state index contributed by atoms with van der Waals surface area (Å²) in [4.78, 5) is 2.22. The maximum Gasteiger partial charge on any atom is 0.0992 e. The van der Waals surface area contributed by atoms with Gasteiger partial charge < -0.3 is 4.90 Å². The van der Waals surface area contributed by atoms with Gasteiger partial charge >= 0.3 is 0 Å². The van der Waals surface area contributed by atoms with E-state index < -0.39 is 0 Å². The molecule has 1 unspecified atom stereocenters. The molecule has 0 fully saturated rings. The lowest BCUT2D eigenvalue weighted by atomic mass is 9.82. The SMILES string of the molecule is CN(CC(CBr)C(C)(C)C)c1cccc(C#N)c1. The van der Waals surface area contributed by atoms with Crippen molar-refractivity contribution < 1.29 is 0 Å². The van der Waals surface area contributed by atoms with Gasteiger partial charge in [-0.2, -0.15) is 5.26 Å². The number of nitriles is 1. The summed E-state index contributed by atoms with van der Waals surface area (Å²) in [6, 6.07) is 9.94. The highest BCUT2D eigenvalue weighted by atomic mass is 79.9. The maximum atomic E-state index is 8.93. The molecule has 0 amide bonds. The first kappa shape index (κ1) is 15.0. The van der Waals surface area contributed by atoms with E-state index in [9.17, 15) is 0 Å². The molecule has 2 nitrogen and oxygen atoms in total. The van der Waals surface area contributed by atoms with Gasteiger partial charge in [0.25, 0.3) is 0 Å². The molecule has 0 aliphatic heterocycles. The van der Waals surface area contributed by atoms with E-state index in [1.807, 2.05) is 18.2 Å². The van der Waals surface area contributed by atoms with Crippen molar-refractivity contribution in [3.63, 3.8) is 0 Å². The Bertz CT molecular complexity index is 429. The van der Waals surface area contributed by atoms with Crippen LogP contribution >= 0.6 is 15.9 Å². The standard InChI is InChI=1S/C15H21BrN2/c1-15(2,3)13(9-16)11-18(4)14-7-5-6-12(8-14)10-17/h5-8,13H,9,11H2,1-4H3. The van der Waals surface area contributed by atoms with Crippen LogP contribution in [0.1, 0.15) is 26.3 Å². The minimum absolute atomic E-state index is 0.268. The monoisotopic (exact) mass is 308 g/mol. The van der Waals surface area contributed by atoms with E-state index in [2.05, 4.69) is 60.8 Å². The van der Waals surface area contributed by atoms with Crippen molar-refractivity contribution in [2.75, 3.05) is 23.8 Å². The molecule has 1 atom stereocenters. The minimum Gasteiger partial charge on any atom is -0.374 e. The summed E-state index contributed by atoms with van der Waals surface area (Å²) in [7, 11) is 2.08. The van der Waals surface area contributed by atoms with E-state index in [1.165, 1.54) is 0 Å². The summed E-state index contributed by atoms with van der Waals surface area (Å²) in [6.07, 6.45) is 0. The highest BCUT2D eigenvalue weighted by Gasteiger charge is 2.24. The summed E-state index contributed by atoms with van der Waals surface area (Å²) in [6.45, 7) is 7.76. The molecular formula is C15H21BrN2. The third-order valence-electron chi connectivity index (χ3n) is 3.32. The Labute approximate surface area is 119 Å². The van der Waals surface area contributed by atoms with Gasteiger partial charge in [-0.3, -0.25) is 0 Å². The lowest BCUT2D eigenvalue weighted by Crippen LogP contribution is -2.34.